The number of amides is 1. The highest BCUT2D eigenvalue weighted by Crippen LogP contribution is 2.26. The molecule has 1 aliphatic rings. The molecule has 1 fully saturated rings. The fourth-order valence-electron chi connectivity index (χ4n) is 3.09. The summed E-state index contributed by atoms with van der Waals surface area (Å²) < 4.78 is 1.86. The Labute approximate surface area is 146 Å². The number of hydrogen-bond donors (Lipinski definition) is 0. The van der Waals surface area contributed by atoms with Gasteiger partial charge in [-0.2, -0.15) is 16.9 Å². The highest BCUT2D eigenvalue weighted by molar-refractivity contribution is 7.99. The third-order valence-electron chi connectivity index (χ3n) is 4.31. The molecule has 1 aliphatic heterocycles. The molecule has 3 rings (SSSR count). The van der Waals surface area contributed by atoms with Crippen LogP contribution in [0.25, 0.3) is 11.0 Å². The van der Waals surface area contributed by atoms with Crippen molar-refractivity contribution in [1.82, 2.24) is 24.6 Å². The molecule has 1 amide bonds. The van der Waals surface area contributed by atoms with Crippen LogP contribution in [-0.4, -0.2) is 68.2 Å². The molecule has 0 radical (unpaired) electrons. The van der Waals surface area contributed by atoms with Crippen molar-refractivity contribution in [3.63, 3.8) is 0 Å². The van der Waals surface area contributed by atoms with Crippen LogP contribution in [0, 0.1) is 13.8 Å². The molecular formula is C16H24N6OS. The molecule has 1 saturated heterocycles. The van der Waals surface area contributed by atoms with Gasteiger partial charge in [-0.25, -0.2) is 9.97 Å². The lowest BCUT2D eigenvalue weighted by Gasteiger charge is -2.35. The summed E-state index contributed by atoms with van der Waals surface area (Å²) in [6.07, 6.45) is 0. The molecule has 130 valence electrons. The van der Waals surface area contributed by atoms with E-state index in [-0.39, 0.29) is 5.91 Å². The Bertz CT molecular complexity index is 751. The van der Waals surface area contributed by atoms with Gasteiger partial charge >= 0.3 is 0 Å². The maximum atomic E-state index is 12.2. The third kappa shape index (κ3) is 3.19. The van der Waals surface area contributed by atoms with Crippen LogP contribution in [0.2, 0.25) is 0 Å². The Morgan fingerprint density at radius 1 is 1.17 bits per heavy atom. The lowest BCUT2D eigenvalue weighted by Crippen LogP contribution is -2.49. The molecule has 0 spiro atoms. The lowest BCUT2D eigenvalue weighted by atomic mass is 10.2. The van der Waals surface area contributed by atoms with E-state index in [0.29, 0.717) is 5.75 Å². The van der Waals surface area contributed by atoms with Crippen molar-refractivity contribution in [3.8, 4) is 0 Å². The zero-order valence-electron chi connectivity index (χ0n) is 14.7. The van der Waals surface area contributed by atoms with Crippen LogP contribution in [0.4, 0.5) is 5.82 Å². The van der Waals surface area contributed by atoms with Gasteiger partial charge in [-0.05, 0) is 19.6 Å². The lowest BCUT2D eigenvalue weighted by molar-refractivity contribution is -0.128. The van der Waals surface area contributed by atoms with Crippen molar-refractivity contribution in [2.45, 2.75) is 20.8 Å². The predicted octanol–water partition coefficient (Wildman–Crippen LogP) is 1.38. The molecule has 2 aromatic heterocycles. The number of anilines is 1. The predicted molar refractivity (Wildman–Crippen MR) is 97.6 cm³/mol. The minimum absolute atomic E-state index is 0.238. The molecule has 0 aliphatic carbocycles. The SMILES string of the molecule is CCSCC(=O)N1CCN(c2nc(C)nc3c(C)nn(C)c23)CC1. The van der Waals surface area contributed by atoms with Gasteiger partial charge in [0.25, 0.3) is 0 Å². The number of rotatable bonds is 4. The van der Waals surface area contributed by atoms with Gasteiger partial charge in [0.05, 0.1) is 11.4 Å². The monoisotopic (exact) mass is 348 g/mol. The molecule has 3 heterocycles. The van der Waals surface area contributed by atoms with Gasteiger partial charge in [-0.1, -0.05) is 6.92 Å². The second-order valence-electron chi connectivity index (χ2n) is 6.01. The van der Waals surface area contributed by atoms with Gasteiger partial charge in [0.2, 0.25) is 5.91 Å². The second kappa shape index (κ2) is 6.96. The summed E-state index contributed by atoms with van der Waals surface area (Å²) >= 11 is 1.68. The van der Waals surface area contributed by atoms with Crippen LogP contribution in [0.1, 0.15) is 18.4 Å². The van der Waals surface area contributed by atoms with E-state index in [1.807, 2.05) is 30.5 Å². The van der Waals surface area contributed by atoms with Gasteiger partial charge in [0, 0.05) is 33.2 Å². The minimum atomic E-state index is 0.238. The zero-order chi connectivity index (χ0) is 17.3. The number of carbonyl (C=O) groups is 1. The fourth-order valence-corrected chi connectivity index (χ4v) is 3.65. The van der Waals surface area contributed by atoms with E-state index in [1.54, 1.807) is 11.8 Å². The number of fused-ring (bicyclic) bond motifs is 1. The first kappa shape index (κ1) is 17.0. The summed E-state index contributed by atoms with van der Waals surface area (Å²) in [5.74, 6) is 3.47. The number of nitrogens with zero attached hydrogens (tertiary/aromatic N) is 6. The smallest absolute Gasteiger partial charge is 0.232 e. The van der Waals surface area contributed by atoms with E-state index in [4.69, 9.17) is 0 Å². The first-order chi connectivity index (χ1) is 11.5. The van der Waals surface area contributed by atoms with Gasteiger partial charge in [-0.15, -0.1) is 0 Å². The molecule has 0 saturated carbocycles. The Morgan fingerprint density at radius 2 is 1.88 bits per heavy atom. The van der Waals surface area contributed by atoms with E-state index in [0.717, 1.165) is 60.3 Å². The van der Waals surface area contributed by atoms with Crippen LogP contribution in [0.3, 0.4) is 0 Å². The first-order valence-corrected chi connectivity index (χ1v) is 9.45. The van der Waals surface area contributed by atoms with Crippen molar-refractivity contribution < 1.29 is 4.79 Å². The Hall–Kier alpha value is -1.83. The van der Waals surface area contributed by atoms with E-state index < -0.39 is 0 Å². The van der Waals surface area contributed by atoms with Gasteiger partial charge in [-0.3, -0.25) is 9.48 Å². The minimum Gasteiger partial charge on any atom is -0.351 e. The van der Waals surface area contributed by atoms with E-state index in [1.165, 1.54) is 0 Å². The van der Waals surface area contributed by atoms with Crippen molar-refractivity contribution in [2.24, 2.45) is 7.05 Å². The molecule has 2 aromatic rings. The topological polar surface area (TPSA) is 67.2 Å². The zero-order valence-corrected chi connectivity index (χ0v) is 15.6. The summed E-state index contributed by atoms with van der Waals surface area (Å²) in [6.45, 7) is 9.03. The number of aromatic nitrogens is 4. The molecule has 0 bridgehead atoms. The summed E-state index contributed by atoms with van der Waals surface area (Å²) in [7, 11) is 1.93. The van der Waals surface area contributed by atoms with Crippen molar-refractivity contribution in [2.75, 3.05) is 42.6 Å². The molecule has 8 heteroatoms. The summed E-state index contributed by atoms with van der Waals surface area (Å²) in [6, 6.07) is 0. The number of hydrogen-bond acceptors (Lipinski definition) is 6. The summed E-state index contributed by atoms with van der Waals surface area (Å²) in [4.78, 5) is 25.6. The Kier molecular flexibility index (Phi) is 4.93. The number of aryl methyl sites for hydroxylation is 3. The first-order valence-electron chi connectivity index (χ1n) is 8.29. The molecule has 0 N–H and O–H groups in total. The maximum absolute atomic E-state index is 12.2. The molecule has 0 unspecified atom stereocenters. The molecule has 0 atom stereocenters. The molecule has 0 aromatic carbocycles. The van der Waals surface area contributed by atoms with Crippen molar-refractivity contribution in [3.05, 3.63) is 11.5 Å². The molecule has 24 heavy (non-hydrogen) atoms. The Balaban J connectivity index is 1.80. The van der Waals surface area contributed by atoms with Gasteiger partial charge < -0.3 is 9.80 Å². The van der Waals surface area contributed by atoms with Crippen LogP contribution in [0.5, 0.6) is 0 Å². The second-order valence-corrected chi connectivity index (χ2v) is 7.28. The average Bonchev–Trinajstić information content (AvgIpc) is 2.86. The number of carbonyl (C=O) groups excluding carboxylic acids is 1. The standard InChI is InChI=1S/C16H24N6OS/c1-5-24-10-13(23)21-6-8-22(9-7-21)16-15-14(17-12(3)18-16)11(2)19-20(15)4/h5-10H2,1-4H3. The number of thioether (sulfide) groups is 1. The quantitative estimate of drug-likeness (QED) is 0.832. The Morgan fingerprint density at radius 3 is 2.54 bits per heavy atom. The normalized spacial score (nSPS) is 15.3. The third-order valence-corrected chi connectivity index (χ3v) is 5.16. The van der Waals surface area contributed by atoms with Crippen LogP contribution in [-0.2, 0) is 11.8 Å². The van der Waals surface area contributed by atoms with Gasteiger partial charge in [0.15, 0.2) is 5.82 Å². The van der Waals surface area contributed by atoms with E-state index >= 15 is 0 Å². The van der Waals surface area contributed by atoms with Crippen LogP contribution < -0.4 is 4.90 Å². The fraction of sp³-hybridized carbons (Fsp3) is 0.625. The van der Waals surface area contributed by atoms with Crippen LogP contribution >= 0.6 is 11.8 Å². The largest absolute Gasteiger partial charge is 0.351 e. The number of piperazine rings is 1. The summed E-state index contributed by atoms with van der Waals surface area (Å²) in [5, 5.41) is 4.48. The molecular weight excluding hydrogens is 324 g/mol. The van der Waals surface area contributed by atoms with Gasteiger partial charge in [0.1, 0.15) is 16.9 Å². The van der Waals surface area contributed by atoms with Crippen molar-refractivity contribution in [1.29, 1.82) is 0 Å². The van der Waals surface area contributed by atoms with Crippen LogP contribution in [0.15, 0.2) is 0 Å². The van der Waals surface area contributed by atoms with E-state index in [2.05, 4.69) is 26.9 Å². The highest BCUT2D eigenvalue weighted by Gasteiger charge is 2.25. The average molecular weight is 348 g/mol. The summed E-state index contributed by atoms with van der Waals surface area (Å²) in [5.41, 5.74) is 2.81. The van der Waals surface area contributed by atoms with E-state index in [9.17, 15) is 4.79 Å². The van der Waals surface area contributed by atoms with Crippen molar-refractivity contribution >= 4 is 34.5 Å². The molecule has 7 nitrogen and oxygen atoms in total. The maximum Gasteiger partial charge on any atom is 0.232 e. The highest BCUT2D eigenvalue weighted by atomic mass is 32.2.